The third-order valence-electron chi connectivity index (χ3n) is 4.18. The van der Waals surface area contributed by atoms with Crippen molar-refractivity contribution in [3.63, 3.8) is 0 Å². The molecule has 1 aliphatic rings. The summed E-state index contributed by atoms with van der Waals surface area (Å²) >= 11 is 0. The number of sulfone groups is 1. The van der Waals surface area contributed by atoms with Crippen molar-refractivity contribution < 1.29 is 17.6 Å². The number of likely N-dealkylation sites (N-methyl/N-ethyl adjacent to an activating group) is 1. The SMILES string of the molecule is CCN(C(=O)Cn1c(=O)oc2ccccc21)[C@@H]1CCS(=O)(=O)C1. The summed E-state index contributed by atoms with van der Waals surface area (Å²) in [5, 5.41) is 0. The second-order valence-corrected chi connectivity index (χ2v) is 7.89. The summed E-state index contributed by atoms with van der Waals surface area (Å²) in [4.78, 5) is 26.0. The quantitative estimate of drug-likeness (QED) is 0.816. The van der Waals surface area contributed by atoms with Crippen molar-refractivity contribution in [2.24, 2.45) is 0 Å². The molecule has 1 atom stereocenters. The summed E-state index contributed by atoms with van der Waals surface area (Å²) in [7, 11) is -3.07. The van der Waals surface area contributed by atoms with Gasteiger partial charge in [-0.15, -0.1) is 0 Å². The zero-order valence-corrected chi connectivity index (χ0v) is 13.6. The fourth-order valence-corrected chi connectivity index (χ4v) is 4.78. The fourth-order valence-electron chi connectivity index (χ4n) is 3.05. The zero-order valence-electron chi connectivity index (χ0n) is 12.8. The van der Waals surface area contributed by atoms with Gasteiger partial charge in [-0.3, -0.25) is 9.36 Å². The minimum Gasteiger partial charge on any atom is -0.408 e. The van der Waals surface area contributed by atoms with Gasteiger partial charge in [0.1, 0.15) is 6.54 Å². The average molecular weight is 338 g/mol. The van der Waals surface area contributed by atoms with E-state index in [1.54, 1.807) is 36.1 Å². The molecule has 3 rings (SSSR count). The molecule has 0 N–H and O–H groups in total. The smallest absolute Gasteiger partial charge is 0.408 e. The number of hydrogen-bond donors (Lipinski definition) is 0. The Hall–Kier alpha value is -2.09. The van der Waals surface area contributed by atoms with Crippen molar-refractivity contribution in [2.75, 3.05) is 18.1 Å². The van der Waals surface area contributed by atoms with Crippen molar-refractivity contribution in [1.82, 2.24) is 9.47 Å². The summed E-state index contributed by atoms with van der Waals surface area (Å²) in [6, 6.07) is 6.58. The van der Waals surface area contributed by atoms with E-state index in [1.165, 1.54) is 4.57 Å². The van der Waals surface area contributed by atoms with Crippen LogP contribution >= 0.6 is 0 Å². The lowest BCUT2D eigenvalue weighted by molar-refractivity contribution is -0.133. The van der Waals surface area contributed by atoms with Crippen molar-refractivity contribution in [3.8, 4) is 0 Å². The highest BCUT2D eigenvalue weighted by atomic mass is 32.2. The van der Waals surface area contributed by atoms with E-state index in [9.17, 15) is 18.0 Å². The Morgan fingerprint density at radius 1 is 1.39 bits per heavy atom. The number of carbonyl (C=O) groups is 1. The first-order chi connectivity index (χ1) is 10.9. The predicted octanol–water partition coefficient (Wildman–Crippen LogP) is 0.630. The molecule has 0 bridgehead atoms. The maximum Gasteiger partial charge on any atom is 0.420 e. The fraction of sp³-hybridized carbons (Fsp3) is 0.467. The highest BCUT2D eigenvalue weighted by molar-refractivity contribution is 7.91. The molecule has 2 aromatic rings. The highest BCUT2D eigenvalue weighted by Crippen LogP contribution is 2.19. The Bertz CT molecular complexity index is 896. The number of para-hydroxylation sites is 2. The molecule has 1 aromatic carbocycles. The van der Waals surface area contributed by atoms with Gasteiger partial charge in [0.25, 0.3) is 0 Å². The van der Waals surface area contributed by atoms with Crippen LogP contribution in [0.3, 0.4) is 0 Å². The number of fused-ring (bicyclic) bond motifs is 1. The topological polar surface area (TPSA) is 89.6 Å². The second kappa shape index (κ2) is 5.84. The van der Waals surface area contributed by atoms with Crippen molar-refractivity contribution in [1.29, 1.82) is 0 Å². The first-order valence-corrected chi connectivity index (χ1v) is 9.31. The Balaban J connectivity index is 1.85. The molecule has 1 aromatic heterocycles. The lowest BCUT2D eigenvalue weighted by atomic mass is 10.2. The molecule has 1 fully saturated rings. The third kappa shape index (κ3) is 3.03. The van der Waals surface area contributed by atoms with E-state index in [0.29, 0.717) is 24.1 Å². The maximum atomic E-state index is 12.6. The Kier molecular flexibility index (Phi) is 4.01. The van der Waals surface area contributed by atoms with E-state index in [1.807, 2.05) is 0 Å². The van der Waals surface area contributed by atoms with Crippen molar-refractivity contribution >= 4 is 26.8 Å². The molecule has 23 heavy (non-hydrogen) atoms. The van der Waals surface area contributed by atoms with Gasteiger partial charge in [-0.25, -0.2) is 13.2 Å². The largest absolute Gasteiger partial charge is 0.420 e. The molecule has 124 valence electrons. The molecule has 0 saturated carbocycles. The van der Waals surface area contributed by atoms with E-state index < -0.39 is 15.6 Å². The van der Waals surface area contributed by atoms with Crippen LogP contribution in [0.1, 0.15) is 13.3 Å². The van der Waals surface area contributed by atoms with E-state index in [-0.39, 0.29) is 30.0 Å². The standard InChI is InChI=1S/C15H18N2O5S/c1-2-16(11-7-8-23(20,21)10-11)14(18)9-17-12-5-3-4-6-13(12)22-15(17)19/h3-6,11H,2,7-10H2,1H3/t11-/m1/s1. The van der Waals surface area contributed by atoms with Crippen LogP contribution in [0.5, 0.6) is 0 Å². The summed E-state index contributed by atoms with van der Waals surface area (Å²) in [5.74, 6) is -0.762. The number of hydrogen-bond acceptors (Lipinski definition) is 5. The van der Waals surface area contributed by atoms with Gasteiger partial charge in [0.2, 0.25) is 5.91 Å². The summed E-state index contributed by atoms with van der Waals surface area (Å²) in [6.07, 6.45) is 0.447. The van der Waals surface area contributed by atoms with Crippen LogP contribution in [-0.4, -0.2) is 47.9 Å². The van der Waals surface area contributed by atoms with Gasteiger partial charge in [0.05, 0.1) is 17.0 Å². The van der Waals surface area contributed by atoms with Crippen LogP contribution in [0.15, 0.2) is 33.5 Å². The van der Waals surface area contributed by atoms with Crippen LogP contribution in [0.2, 0.25) is 0 Å². The number of nitrogens with zero attached hydrogens (tertiary/aromatic N) is 2. The van der Waals surface area contributed by atoms with Crippen molar-refractivity contribution in [3.05, 3.63) is 34.8 Å². The maximum absolute atomic E-state index is 12.6. The molecular formula is C15H18N2O5S. The Morgan fingerprint density at radius 2 is 2.13 bits per heavy atom. The van der Waals surface area contributed by atoms with Crippen LogP contribution < -0.4 is 5.76 Å². The number of oxazole rings is 1. The average Bonchev–Trinajstić information content (AvgIpc) is 3.00. The zero-order chi connectivity index (χ0) is 16.6. The van der Waals surface area contributed by atoms with Gasteiger partial charge in [-0.2, -0.15) is 0 Å². The van der Waals surface area contributed by atoms with Gasteiger partial charge in [0.15, 0.2) is 15.4 Å². The number of carbonyl (C=O) groups excluding carboxylic acids is 1. The summed E-state index contributed by atoms with van der Waals surface area (Å²) in [5.41, 5.74) is 0.984. The lowest BCUT2D eigenvalue weighted by Crippen LogP contribution is -2.43. The highest BCUT2D eigenvalue weighted by Gasteiger charge is 2.34. The molecule has 0 unspecified atom stereocenters. The van der Waals surface area contributed by atoms with Gasteiger partial charge in [-0.1, -0.05) is 12.1 Å². The van der Waals surface area contributed by atoms with Crippen LogP contribution in [-0.2, 0) is 21.2 Å². The van der Waals surface area contributed by atoms with E-state index >= 15 is 0 Å². The normalized spacial score (nSPS) is 20.0. The molecule has 7 nitrogen and oxygen atoms in total. The molecule has 0 radical (unpaired) electrons. The van der Waals surface area contributed by atoms with Crippen LogP contribution in [0.25, 0.3) is 11.1 Å². The third-order valence-corrected chi connectivity index (χ3v) is 5.93. The van der Waals surface area contributed by atoms with E-state index in [0.717, 1.165) is 0 Å². The summed E-state index contributed by atoms with van der Waals surface area (Å²) < 4.78 is 29.6. The van der Waals surface area contributed by atoms with E-state index in [4.69, 9.17) is 4.42 Å². The predicted molar refractivity (Wildman–Crippen MR) is 84.9 cm³/mol. The Morgan fingerprint density at radius 3 is 2.78 bits per heavy atom. The second-order valence-electron chi connectivity index (χ2n) is 5.66. The lowest BCUT2D eigenvalue weighted by Gasteiger charge is -2.26. The minimum absolute atomic E-state index is 0.00634. The molecule has 0 spiro atoms. The van der Waals surface area contributed by atoms with Crippen molar-refractivity contribution in [2.45, 2.75) is 25.9 Å². The molecule has 1 aliphatic heterocycles. The molecule has 8 heteroatoms. The minimum atomic E-state index is -3.07. The molecular weight excluding hydrogens is 320 g/mol. The molecule has 2 heterocycles. The number of aromatic nitrogens is 1. The van der Waals surface area contributed by atoms with E-state index in [2.05, 4.69) is 0 Å². The van der Waals surface area contributed by atoms with Gasteiger partial charge < -0.3 is 9.32 Å². The molecule has 1 saturated heterocycles. The molecule has 1 amide bonds. The number of rotatable bonds is 4. The monoisotopic (exact) mass is 338 g/mol. The number of benzene rings is 1. The van der Waals surface area contributed by atoms with Gasteiger partial charge in [0, 0.05) is 12.6 Å². The number of amides is 1. The van der Waals surface area contributed by atoms with Crippen LogP contribution in [0, 0.1) is 0 Å². The van der Waals surface area contributed by atoms with Gasteiger partial charge in [-0.05, 0) is 25.5 Å². The first-order valence-electron chi connectivity index (χ1n) is 7.49. The first kappa shape index (κ1) is 15.8. The Labute approximate surface area is 133 Å². The van der Waals surface area contributed by atoms with Crippen LogP contribution in [0.4, 0.5) is 0 Å². The van der Waals surface area contributed by atoms with Gasteiger partial charge >= 0.3 is 5.76 Å². The molecule has 0 aliphatic carbocycles. The summed E-state index contributed by atoms with van der Waals surface area (Å²) in [6.45, 7) is 2.06.